The van der Waals surface area contributed by atoms with Gasteiger partial charge in [0.1, 0.15) is 0 Å². The highest BCUT2D eigenvalue weighted by atomic mass is 17.2. The number of fused-ring (bicyclic) bond motifs is 1. The number of carbonyl (C=O) groups excluding carboxylic acids is 2. The van der Waals surface area contributed by atoms with Gasteiger partial charge in [-0.1, -0.05) is 13.8 Å². The van der Waals surface area contributed by atoms with E-state index >= 15 is 0 Å². The SMILES string of the molecule is CC1(C)CCC(=O)[C@]2(C)OOC3CC12CCC3=O. The third-order valence-electron chi connectivity index (χ3n) is 5.74. The van der Waals surface area contributed by atoms with Gasteiger partial charge in [0.15, 0.2) is 23.3 Å². The summed E-state index contributed by atoms with van der Waals surface area (Å²) in [4.78, 5) is 34.8. The van der Waals surface area contributed by atoms with Gasteiger partial charge in [0.2, 0.25) is 0 Å². The number of carbonyl (C=O) groups is 2. The topological polar surface area (TPSA) is 52.6 Å². The molecule has 3 rings (SSSR count). The van der Waals surface area contributed by atoms with Crippen molar-refractivity contribution in [3.05, 3.63) is 0 Å². The van der Waals surface area contributed by atoms with Crippen molar-refractivity contribution in [1.29, 1.82) is 0 Å². The average molecular weight is 252 g/mol. The molecular weight excluding hydrogens is 232 g/mol. The van der Waals surface area contributed by atoms with Gasteiger partial charge < -0.3 is 0 Å². The van der Waals surface area contributed by atoms with Crippen LogP contribution in [0.25, 0.3) is 0 Å². The Balaban J connectivity index is 2.11. The Morgan fingerprint density at radius 2 is 1.83 bits per heavy atom. The Hall–Kier alpha value is -0.740. The van der Waals surface area contributed by atoms with E-state index in [0.29, 0.717) is 19.3 Å². The molecule has 18 heavy (non-hydrogen) atoms. The zero-order valence-corrected chi connectivity index (χ0v) is 11.2. The highest BCUT2D eigenvalue weighted by Gasteiger charge is 2.68. The van der Waals surface area contributed by atoms with Crippen molar-refractivity contribution in [3.8, 4) is 0 Å². The fourth-order valence-electron chi connectivity index (χ4n) is 4.26. The van der Waals surface area contributed by atoms with E-state index < -0.39 is 11.7 Å². The standard InChI is InChI=1S/C14H20O4/c1-12(2)6-5-11(16)13(3)14(12)7-4-9(15)10(8-14)17-18-13/h10H,4-8H2,1-3H3/t10?,13-,14?/m0/s1. The van der Waals surface area contributed by atoms with Crippen molar-refractivity contribution < 1.29 is 19.4 Å². The van der Waals surface area contributed by atoms with Gasteiger partial charge in [0.05, 0.1) is 0 Å². The van der Waals surface area contributed by atoms with Gasteiger partial charge in [-0.15, -0.1) is 0 Å². The predicted molar refractivity (Wildman–Crippen MR) is 63.7 cm³/mol. The number of rotatable bonds is 0. The minimum absolute atomic E-state index is 0.00160. The summed E-state index contributed by atoms with van der Waals surface area (Å²) in [5, 5.41) is 0. The van der Waals surface area contributed by atoms with Crippen LogP contribution in [0.4, 0.5) is 0 Å². The van der Waals surface area contributed by atoms with E-state index in [-0.39, 0.29) is 22.4 Å². The summed E-state index contributed by atoms with van der Waals surface area (Å²) >= 11 is 0. The molecule has 1 spiro atoms. The van der Waals surface area contributed by atoms with E-state index in [1.807, 2.05) is 6.92 Å². The van der Waals surface area contributed by atoms with Crippen molar-refractivity contribution >= 4 is 11.6 Å². The van der Waals surface area contributed by atoms with Crippen LogP contribution in [0.15, 0.2) is 0 Å². The Morgan fingerprint density at radius 1 is 1.11 bits per heavy atom. The van der Waals surface area contributed by atoms with E-state index in [1.54, 1.807) is 0 Å². The van der Waals surface area contributed by atoms with E-state index in [4.69, 9.17) is 9.78 Å². The molecule has 0 aromatic carbocycles. The molecule has 1 heterocycles. The molecule has 0 aromatic heterocycles. The number of hydrogen-bond acceptors (Lipinski definition) is 4. The third kappa shape index (κ3) is 1.23. The maximum Gasteiger partial charge on any atom is 0.168 e. The summed E-state index contributed by atoms with van der Waals surface area (Å²) < 4.78 is 0. The molecule has 3 fully saturated rings. The van der Waals surface area contributed by atoms with Crippen LogP contribution in [0.1, 0.15) is 52.9 Å². The van der Waals surface area contributed by atoms with Crippen LogP contribution in [0.3, 0.4) is 0 Å². The lowest BCUT2D eigenvalue weighted by molar-refractivity contribution is -0.435. The normalized spacial score (nSPS) is 46.7. The first-order valence-corrected chi connectivity index (χ1v) is 6.73. The molecule has 4 heteroatoms. The molecule has 1 saturated heterocycles. The minimum Gasteiger partial charge on any atom is -0.297 e. The molecule has 2 bridgehead atoms. The highest BCUT2D eigenvalue weighted by molar-refractivity contribution is 5.91. The monoisotopic (exact) mass is 252 g/mol. The second-order valence-corrected chi connectivity index (χ2v) is 6.76. The summed E-state index contributed by atoms with van der Waals surface area (Å²) in [5.41, 5.74) is -1.14. The zero-order chi connectivity index (χ0) is 13.2. The van der Waals surface area contributed by atoms with Crippen LogP contribution in [-0.2, 0) is 19.4 Å². The summed E-state index contributed by atoms with van der Waals surface area (Å²) in [6, 6.07) is 0. The second-order valence-electron chi connectivity index (χ2n) is 6.76. The Labute approximate surface area is 107 Å². The molecule has 2 aliphatic carbocycles. The maximum atomic E-state index is 12.3. The largest absolute Gasteiger partial charge is 0.297 e. The number of hydrogen-bond donors (Lipinski definition) is 0. The molecule has 1 aliphatic heterocycles. The van der Waals surface area contributed by atoms with E-state index in [0.717, 1.165) is 12.8 Å². The van der Waals surface area contributed by atoms with Crippen molar-refractivity contribution in [1.82, 2.24) is 0 Å². The maximum absolute atomic E-state index is 12.3. The van der Waals surface area contributed by atoms with Crippen LogP contribution in [-0.4, -0.2) is 23.3 Å². The molecule has 3 atom stereocenters. The zero-order valence-electron chi connectivity index (χ0n) is 11.2. The van der Waals surface area contributed by atoms with Crippen molar-refractivity contribution in [2.75, 3.05) is 0 Å². The van der Waals surface area contributed by atoms with Crippen LogP contribution >= 0.6 is 0 Å². The lowest BCUT2D eigenvalue weighted by atomic mass is 9.45. The average Bonchev–Trinajstić information content (AvgIpc) is 2.33. The molecular formula is C14H20O4. The molecule has 0 N–H and O–H groups in total. The van der Waals surface area contributed by atoms with Gasteiger partial charge in [-0.2, -0.15) is 0 Å². The lowest BCUT2D eigenvalue weighted by Gasteiger charge is -2.62. The first-order valence-electron chi connectivity index (χ1n) is 6.73. The fraction of sp³-hybridized carbons (Fsp3) is 0.857. The van der Waals surface area contributed by atoms with Gasteiger partial charge in [0.25, 0.3) is 0 Å². The fourth-order valence-corrected chi connectivity index (χ4v) is 4.26. The van der Waals surface area contributed by atoms with Gasteiger partial charge in [-0.05, 0) is 31.6 Å². The first kappa shape index (κ1) is 12.3. The van der Waals surface area contributed by atoms with Crippen LogP contribution < -0.4 is 0 Å². The smallest absolute Gasteiger partial charge is 0.168 e. The molecule has 0 aromatic rings. The molecule has 2 saturated carbocycles. The Bertz CT molecular complexity index is 428. The van der Waals surface area contributed by atoms with Crippen LogP contribution in [0.2, 0.25) is 0 Å². The van der Waals surface area contributed by atoms with Gasteiger partial charge in [0, 0.05) is 18.3 Å². The molecule has 4 nitrogen and oxygen atoms in total. The van der Waals surface area contributed by atoms with Gasteiger partial charge in [-0.3, -0.25) is 9.59 Å². The predicted octanol–water partition coefficient (Wildman–Crippen LogP) is 2.20. The summed E-state index contributed by atoms with van der Waals surface area (Å²) in [6.07, 6.45) is 2.79. The van der Waals surface area contributed by atoms with Crippen molar-refractivity contribution in [2.45, 2.75) is 64.6 Å². The minimum atomic E-state index is -0.883. The summed E-state index contributed by atoms with van der Waals surface area (Å²) in [5.74, 6) is 0.228. The molecule has 0 radical (unpaired) electrons. The third-order valence-corrected chi connectivity index (χ3v) is 5.74. The Kier molecular flexibility index (Phi) is 2.34. The van der Waals surface area contributed by atoms with Crippen LogP contribution in [0.5, 0.6) is 0 Å². The van der Waals surface area contributed by atoms with Crippen molar-refractivity contribution in [3.63, 3.8) is 0 Å². The van der Waals surface area contributed by atoms with Crippen molar-refractivity contribution in [2.24, 2.45) is 10.8 Å². The van der Waals surface area contributed by atoms with Crippen LogP contribution in [0, 0.1) is 10.8 Å². The molecule has 3 aliphatic rings. The van der Waals surface area contributed by atoms with E-state index in [2.05, 4.69) is 13.8 Å². The summed E-state index contributed by atoms with van der Waals surface area (Å²) in [7, 11) is 0. The van der Waals surface area contributed by atoms with E-state index in [9.17, 15) is 9.59 Å². The number of Topliss-reactive ketones (excluding diaryl/α,β-unsaturated/α-hetero) is 2. The first-order chi connectivity index (χ1) is 8.32. The Morgan fingerprint density at radius 3 is 2.56 bits per heavy atom. The molecule has 2 unspecified atom stereocenters. The quantitative estimate of drug-likeness (QED) is 0.620. The van der Waals surface area contributed by atoms with Gasteiger partial charge in [-0.25, -0.2) is 9.78 Å². The lowest BCUT2D eigenvalue weighted by Crippen LogP contribution is -2.69. The highest BCUT2D eigenvalue weighted by Crippen LogP contribution is 2.64. The number of ketones is 2. The second kappa shape index (κ2) is 3.42. The molecule has 100 valence electrons. The molecule has 0 amide bonds. The van der Waals surface area contributed by atoms with Gasteiger partial charge >= 0.3 is 0 Å². The summed E-state index contributed by atoms with van der Waals surface area (Å²) in [6.45, 7) is 6.24. The van der Waals surface area contributed by atoms with E-state index in [1.165, 1.54) is 0 Å².